The van der Waals surface area contributed by atoms with Gasteiger partial charge in [-0.1, -0.05) is 19.1 Å². The first kappa shape index (κ1) is 11.1. The Labute approximate surface area is 85.3 Å². The molecule has 0 aromatic heterocycles. The van der Waals surface area contributed by atoms with Gasteiger partial charge in [0.2, 0.25) is 0 Å². The summed E-state index contributed by atoms with van der Waals surface area (Å²) in [5, 5.41) is 4.17. The fraction of sp³-hybridized carbons (Fsp3) is 0.800. The molecule has 1 rings (SSSR count). The summed E-state index contributed by atoms with van der Waals surface area (Å²) in [6, 6.07) is 0. The molecule has 0 amide bonds. The minimum absolute atomic E-state index is 0.156. The summed E-state index contributed by atoms with van der Waals surface area (Å²) in [5.74, 6) is 1.22. The van der Waals surface area contributed by atoms with Gasteiger partial charge in [-0.05, 0) is 19.1 Å². The van der Waals surface area contributed by atoms with Crippen molar-refractivity contribution >= 4 is 11.8 Å². The highest BCUT2D eigenvalue weighted by Crippen LogP contribution is 2.34. The van der Waals surface area contributed by atoms with E-state index in [1.165, 1.54) is 17.7 Å². The minimum Gasteiger partial charge on any atom is -0.329 e. The molecule has 0 aromatic rings. The second kappa shape index (κ2) is 4.49. The highest BCUT2D eigenvalue weighted by atomic mass is 32.2. The van der Waals surface area contributed by atoms with Gasteiger partial charge >= 0.3 is 0 Å². The highest BCUT2D eigenvalue weighted by Gasteiger charge is 2.38. The number of thioether (sulfide) groups is 1. The van der Waals surface area contributed by atoms with Crippen LogP contribution in [-0.2, 0) is 0 Å². The molecule has 3 N–H and O–H groups in total. The van der Waals surface area contributed by atoms with E-state index < -0.39 is 0 Å². The van der Waals surface area contributed by atoms with Crippen LogP contribution in [0.25, 0.3) is 0 Å². The first-order valence-electron chi connectivity index (χ1n) is 4.82. The number of hydrogen-bond acceptors (Lipinski definition) is 3. The second-order valence-electron chi connectivity index (χ2n) is 3.93. The van der Waals surface area contributed by atoms with E-state index in [9.17, 15) is 0 Å². The first-order chi connectivity index (χ1) is 6.10. The third-order valence-corrected chi connectivity index (χ3v) is 4.19. The Balaban J connectivity index is 2.53. The van der Waals surface area contributed by atoms with Gasteiger partial charge in [0.1, 0.15) is 0 Å². The Kier molecular flexibility index (Phi) is 3.83. The van der Waals surface area contributed by atoms with E-state index in [4.69, 9.17) is 5.73 Å². The van der Waals surface area contributed by atoms with E-state index in [-0.39, 0.29) is 5.54 Å². The lowest BCUT2D eigenvalue weighted by Gasteiger charge is -2.33. The predicted molar refractivity (Wildman–Crippen MR) is 61.1 cm³/mol. The standard InChI is InChI=1S/C10H20N2S/c1-8(2)6-12-10(7-11)4-5-13-9(10)3/h9,12H,1,4-7,11H2,2-3H3. The zero-order chi connectivity index (χ0) is 9.90. The van der Waals surface area contributed by atoms with Crippen molar-refractivity contribution in [3.05, 3.63) is 12.2 Å². The summed E-state index contributed by atoms with van der Waals surface area (Å²) in [5.41, 5.74) is 7.17. The predicted octanol–water partition coefficient (Wildman–Crippen LogP) is 1.38. The van der Waals surface area contributed by atoms with Gasteiger partial charge in [0, 0.05) is 23.9 Å². The third-order valence-electron chi connectivity index (χ3n) is 2.80. The molecular weight excluding hydrogens is 180 g/mol. The molecule has 0 saturated carbocycles. The van der Waals surface area contributed by atoms with E-state index in [1.54, 1.807) is 0 Å². The van der Waals surface area contributed by atoms with Crippen LogP contribution in [0, 0.1) is 0 Å². The van der Waals surface area contributed by atoms with Crippen LogP contribution in [0.4, 0.5) is 0 Å². The van der Waals surface area contributed by atoms with Gasteiger partial charge < -0.3 is 11.1 Å². The van der Waals surface area contributed by atoms with Crippen molar-refractivity contribution in [2.75, 3.05) is 18.8 Å². The Morgan fingerprint density at radius 1 is 1.77 bits per heavy atom. The molecule has 1 fully saturated rings. The summed E-state index contributed by atoms with van der Waals surface area (Å²) >= 11 is 2.01. The maximum Gasteiger partial charge on any atom is 0.0431 e. The van der Waals surface area contributed by atoms with Crippen LogP contribution < -0.4 is 11.1 Å². The summed E-state index contributed by atoms with van der Waals surface area (Å²) < 4.78 is 0. The molecule has 1 heterocycles. The summed E-state index contributed by atoms with van der Waals surface area (Å²) in [6.07, 6.45) is 1.18. The minimum atomic E-state index is 0.156. The van der Waals surface area contributed by atoms with Crippen molar-refractivity contribution in [2.45, 2.75) is 31.1 Å². The van der Waals surface area contributed by atoms with Crippen LogP contribution in [0.1, 0.15) is 20.3 Å². The Bertz CT molecular complexity index is 193. The van der Waals surface area contributed by atoms with Crippen molar-refractivity contribution in [3.8, 4) is 0 Å². The summed E-state index contributed by atoms with van der Waals surface area (Å²) in [7, 11) is 0. The summed E-state index contributed by atoms with van der Waals surface area (Å²) in [6.45, 7) is 9.82. The molecule has 0 radical (unpaired) electrons. The molecule has 0 spiro atoms. The molecule has 0 aromatic carbocycles. The van der Waals surface area contributed by atoms with E-state index in [1.807, 2.05) is 18.7 Å². The van der Waals surface area contributed by atoms with E-state index in [0.717, 1.165) is 13.1 Å². The van der Waals surface area contributed by atoms with Crippen LogP contribution in [0.15, 0.2) is 12.2 Å². The molecule has 1 saturated heterocycles. The van der Waals surface area contributed by atoms with Gasteiger partial charge in [-0.15, -0.1) is 0 Å². The normalized spacial score (nSPS) is 33.6. The molecule has 1 aliphatic heterocycles. The molecule has 2 atom stereocenters. The summed E-state index contributed by atoms with van der Waals surface area (Å²) in [4.78, 5) is 0. The van der Waals surface area contributed by atoms with Crippen molar-refractivity contribution in [3.63, 3.8) is 0 Å². The van der Waals surface area contributed by atoms with Crippen LogP contribution in [-0.4, -0.2) is 29.6 Å². The zero-order valence-corrected chi connectivity index (χ0v) is 9.41. The molecule has 2 nitrogen and oxygen atoms in total. The fourth-order valence-electron chi connectivity index (χ4n) is 1.68. The lowest BCUT2D eigenvalue weighted by Crippen LogP contribution is -2.55. The number of nitrogens with two attached hydrogens (primary N) is 1. The smallest absolute Gasteiger partial charge is 0.0431 e. The van der Waals surface area contributed by atoms with E-state index in [2.05, 4.69) is 18.8 Å². The third kappa shape index (κ3) is 2.48. The van der Waals surface area contributed by atoms with E-state index in [0.29, 0.717) is 5.25 Å². The molecule has 0 aliphatic carbocycles. The molecule has 3 heteroatoms. The largest absolute Gasteiger partial charge is 0.329 e. The maximum atomic E-state index is 5.84. The molecule has 1 aliphatic rings. The van der Waals surface area contributed by atoms with Crippen molar-refractivity contribution in [1.29, 1.82) is 0 Å². The van der Waals surface area contributed by atoms with Crippen molar-refractivity contribution < 1.29 is 0 Å². The maximum absolute atomic E-state index is 5.84. The lowest BCUT2D eigenvalue weighted by atomic mass is 9.92. The van der Waals surface area contributed by atoms with Gasteiger partial charge in [-0.25, -0.2) is 0 Å². The van der Waals surface area contributed by atoms with Gasteiger partial charge in [0.05, 0.1) is 0 Å². The van der Waals surface area contributed by atoms with Gasteiger partial charge in [0.25, 0.3) is 0 Å². The van der Waals surface area contributed by atoms with Crippen LogP contribution in [0.5, 0.6) is 0 Å². The van der Waals surface area contributed by atoms with Gasteiger partial charge in [-0.3, -0.25) is 0 Å². The number of nitrogens with one attached hydrogen (secondary N) is 1. The van der Waals surface area contributed by atoms with Crippen LogP contribution in [0.3, 0.4) is 0 Å². The second-order valence-corrected chi connectivity index (χ2v) is 5.38. The highest BCUT2D eigenvalue weighted by molar-refractivity contribution is 8.00. The Morgan fingerprint density at radius 3 is 2.85 bits per heavy atom. The molecular formula is C10H20N2S. The van der Waals surface area contributed by atoms with Crippen molar-refractivity contribution in [1.82, 2.24) is 5.32 Å². The fourth-order valence-corrected chi connectivity index (χ4v) is 3.13. The molecule has 13 heavy (non-hydrogen) atoms. The quantitative estimate of drug-likeness (QED) is 0.673. The number of hydrogen-bond donors (Lipinski definition) is 2. The van der Waals surface area contributed by atoms with Gasteiger partial charge in [0.15, 0.2) is 0 Å². The van der Waals surface area contributed by atoms with E-state index >= 15 is 0 Å². The first-order valence-corrected chi connectivity index (χ1v) is 5.87. The van der Waals surface area contributed by atoms with Gasteiger partial charge in [-0.2, -0.15) is 11.8 Å². The monoisotopic (exact) mass is 200 g/mol. The topological polar surface area (TPSA) is 38.0 Å². The lowest BCUT2D eigenvalue weighted by molar-refractivity contribution is 0.346. The van der Waals surface area contributed by atoms with Crippen LogP contribution in [0.2, 0.25) is 0 Å². The molecule has 2 unspecified atom stereocenters. The van der Waals surface area contributed by atoms with Crippen LogP contribution >= 0.6 is 11.8 Å². The number of rotatable bonds is 4. The SMILES string of the molecule is C=C(C)CNC1(CN)CCSC1C. The average Bonchev–Trinajstić information content (AvgIpc) is 2.45. The van der Waals surface area contributed by atoms with Crippen molar-refractivity contribution in [2.24, 2.45) is 5.73 Å². The average molecular weight is 200 g/mol. The molecule has 0 bridgehead atoms. The Hall–Kier alpha value is 0.0100. The molecule has 76 valence electrons. The zero-order valence-electron chi connectivity index (χ0n) is 8.60. The Morgan fingerprint density at radius 2 is 2.46 bits per heavy atom.